The van der Waals surface area contributed by atoms with Gasteiger partial charge in [-0.2, -0.15) is 0 Å². The lowest BCUT2D eigenvalue weighted by atomic mass is 10.0. The van der Waals surface area contributed by atoms with E-state index in [-0.39, 0.29) is 10.8 Å². The molecule has 31 heavy (non-hydrogen) atoms. The molecule has 0 saturated heterocycles. The van der Waals surface area contributed by atoms with Crippen LogP contribution < -0.4 is 14.4 Å². The second-order valence-electron chi connectivity index (χ2n) is 7.04. The van der Waals surface area contributed by atoms with Gasteiger partial charge in [0.05, 0.1) is 24.0 Å². The van der Waals surface area contributed by atoms with Crippen molar-refractivity contribution in [2.24, 2.45) is 0 Å². The summed E-state index contributed by atoms with van der Waals surface area (Å²) in [4.78, 5) is 12.4. The van der Waals surface area contributed by atoms with E-state index in [0.29, 0.717) is 35.9 Å². The van der Waals surface area contributed by atoms with E-state index in [1.165, 1.54) is 23.8 Å². The number of rotatable bonds is 6. The minimum atomic E-state index is -3.70. The molecule has 0 atom stereocenters. The van der Waals surface area contributed by atoms with Gasteiger partial charge < -0.3 is 14.5 Å². The van der Waals surface area contributed by atoms with Crippen molar-refractivity contribution in [2.45, 2.75) is 17.7 Å². The molecule has 8 heteroatoms. The van der Waals surface area contributed by atoms with Gasteiger partial charge in [0.1, 0.15) is 11.5 Å². The number of nitrogens with zero attached hydrogens (tertiary/aromatic N) is 1. The molecule has 2 aromatic carbocycles. The molecular formula is C23H22N2O5S. The minimum absolute atomic E-state index is 0.210. The number of fused-ring (bicyclic) bond motifs is 1. The predicted octanol–water partition coefficient (Wildman–Crippen LogP) is 4.08. The number of sulfonamides is 1. The number of amides is 1. The van der Waals surface area contributed by atoms with Crippen LogP contribution in [0.25, 0.3) is 6.08 Å². The third-order valence-electron chi connectivity index (χ3n) is 5.01. The number of hydrogen-bond acceptors (Lipinski definition) is 5. The van der Waals surface area contributed by atoms with Gasteiger partial charge in [0.25, 0.3) is 10.0 Å². The third-order valence-corrected chi connectivity index (χ3v) is 6.84. The van der Waals surface area contributed by atoms with Gasteiger partial charge in [0, 0.05) is 18.3 Å². The molecule has 1 aliphatic rings. The Labute approximate surface area is 181 Å². The molecule has 160 valence electrons. The zero-order valence-corrected chi connectivity index (χ0v) is 17.8. The number of hydrogen-bond donors (Lipinski definition) is 1. The molecule has 0 radical (unpaired) electrons. The zero-order valence-electron chi connectivity index (χ0n) is 16.9. The maximum atomic E-state index is 13.2. The molecule has 3 aromatic rings. The average Bonchev–Trinajstić information content (AvgIpc) is 3.31. The Kier molecular flexibility index (Phi) is 5.81. The van der Waals surface area contributed by atoms with Crippen LogP contribution in [-0.4, -0.2) is 28.0 Å². The Morgan fingerprint density at radius 2 is 1.97 bits per heavy atom. The second kappa shape index (κ2) is 8.69. The number of nitrogens with one attached hydrogen (secondary N) is 1. The number of aryl methyl sites for hydroxylation is 1. The molecule has 2 heterocycles. The van der Waals surface area contributed by atoms with Crippen molar-refractivity contribution in [3.63, 3.8) is 0 Å². The Bertz CT molecular complexity index is 1200. The van der Waals surface area contributed by atoms with Crippen LogP contribution in [0.2, 0.25) is 0 Å². The molecular weight excluding hydrogens is 416 g/mol. The maximum Gasteiger partial charge on any atom is 0.264 e. The Balaban J connectivity index is 1.54. The van der Waals surface area contributed by atoms with Crippen LogP contribution in [-0.2, 0) is 21.2 Å². The number of carbonyl (C=O) groups excluding carboxylic acids is 1. The van der Waals surface area contributed by atoms with Gasteiger partial charge >= 0.3 is 0 Å². The zero-order chi connectivity index (χ0) is 21.8. The summed E-state index contributed by atoms with van der Waals surface area (Å²) in [6.45, 7) is 0.402. The number of furan rings is 1. The summed E-state index contributed by atoms with van der Waals surface area (Å²) in [5, 5.41) is 2.80. The smallest absolute Gasteiger partial charge is 0.264 e. The summed E-state index contributed by atoms with van der Waals surface area (Å²) < 4.78 is 38.1. The van der Waals surface area contributed by atoms with Crippen LogP contribution in [0.5, 0.6) is 5.75 Å². The first-order valence-corrected chi connectivity index (χ1v) is 11.2. The number of benzene rings is 2. The molecule has 4 rings (SSSR count). The summed E-state index contributed by atoms with van der Waals surface area (Å²) in [5.74, 6) is 0.884. The van der Waals surface area contributed by atoms with Crippen molar-refractivity contribution in [1.82, 2.24) is 0 Å². The fourth-order valence-electron chi connectivity index (χ4n) is 3.49. The van der Waals surface area contributed by atoms with Crippen molar-refractivity contribution < 1.29 is 22.4 Å². The molecule has 1 aliphatic heterocycles. The van der Waals surface area contributed by atoms with Gasteiger partial charge in [-0.05, 0) is 79.1 Å². The largest absolute Gasteiger partial charge is 0.497 e. The summed E-state index contributed by atoms with van der Waals surface area (Å²) in [5.41, 5.74) is 2.11. The summed E-state index contributed by atoms with van der Waals surface area (Å²) >= 11 is 0. The molecule has 1 amide bonds. The lowest BCUT2D eigenvalue weighted by molar-refractivity contribution is -0.111. The van der Waals surface area contributed by atoms with E-state index >= 15 is 0 Å². The van der Waals surface area contributed by atoms with Crippen molar-refractivity contribution in [3.8, 4) is 5.75 Å². The van der Waals surface area contributed by atoms with E-state index in [9.17, 15) is 13.2 Å². The van der Waals surface area contributed by atoms with Crippen LogP contribution in [0.15, 0.2) is 76.2 Å². The monoisotopic (exact) mass is 438 g/mol. The summed E-state index contributed by atoms with van der Waals surface area (Å²) in [7, 11) is -2.17. The Morgan fingerprint density at radius 3 is 2.68 bits per heavy atom. The van der Waals surface area contributed by atoms with Crippen LogP contribution in [0.3, 0.4) is 0 Å². The molecule has 7 nitrogen and oxygen atoms in total. The highest BCUT2D eigenvalue weighted by Gasteiger charge is 2.29. The second-order valence-corrected chi connectivity index (χ2v) is 8.90. The third kappa shape index (κ3) is 4.49. The van der Waals surface area contributed by atoms with Gasteiger partial charge in [-0.15, -0.1) is 0 Å². The number of methoxy groups -OCH3 is 1. The van der Waals surface area contributed by atoms with Crippen molar-refractivity contribution in [2.75, 3.05) is 23.3 Å². The first-order valence-electron chi connectivity index (χ1n) is 9.80. The van der Waals surface area contributed by atoms with Crippen molar-refractivity contribution >= 4 is 33.4 Å². The minimum Gasteiger partial charge on any atom is -0.497 e. The Hall–Kier alpha value is -3.52. The van der Waals surface area contributed by atoms with Crippen LogP contribution in [0.1, 0.15) is 17.7 Å². The van der Waals surface area contributed by atoms with E-state index in [0.717, 1.165) is 12.0 Å². The lowest BCUT2D eigenvalue weighted by Crippen LogP contribution is -2.35. The van der Waals surface area contributed by atoms with Crippen LogP contribution >= 0.6 is 0 Å². The summed E-state index contributed by atoms with van der Waals surface area (Å²) in [6.07, 6.45) is 5.93. The highest BCUT2D eigenvalue weighted by Crippen LogP contribution is 2.34. The Morgan fingerprint density at radius 1 is 1.16 bits per heavy atom. The first kappa shape index (κ1) is 20.7. The number of ether oxygens (including phenoxy) is 1. The molecule has 0 unspecified atom stereocenters. The molecule has 0 fully saturated rings. The van der Waals surface area contributed by atoms with E-state index in [1.54, 1.807) is 54.6 Å². The lowest BCUT2D eigenvalue weighted by Gasteiger charge is -2.31. The van der Waals surface area contributed by atoms with Gasteiger partial charge in [-0.3, -0.25) is 9.10 Å². The predicted molar refractivity (Wildman–Crippen MR) is 119 cm³/mol. The summed E-state index contributed by atoms with van der Waals surface area (Å²) in [6, 6.07) is 15.1. The highest BCUT2D eigenvalue weighted by atomic mass is 32.2. The van der Waals surface area contributed by atoms with Crippen LogP contribution in [0, 0.1) is 0 Å². The average molecular weight is 439 g/mol. The van der Waals surface area contributed by atoms with Crippen LogP contribution in [0.4, 0.5) is 11.4 Å². The normalized spacial score (nSPS) is 13.8. The van der Waals surface area contributed by atoms with E-state index in [4.69, 9.17) is 9.15 Å². The van der Waals surface area contributed by atoms with Gasteiger partial charge in [0.2, 0.25) is 5.91 Å². The fourth-order valence-corrected chi connectivity index (χ4v) is 5.03. The van der Waals surface area contributed by atoms with E-state index in [2.05, 4.69) is 5.32 Å². The van der Waals surface area contributed by atoms with Crippen molar-refractivity contribution in [3.05, 3.63) is 78.3 Å². The molecule has 0 bridgehead atoms. The van der Waals surface area contributed by atoms with Gasteiger partial charge in [-0.1, -0.05) is 0 Å². The quantitative estimate of drug-likeness (QED) is 0.586. The number of anilines is 2. The molecule has 0 saturated carbocycles. The molecule has 1 aromatic heterocycles. The van der Waals surface area contributed by atoms with Gasteiger partial charge in [0.15, 0.2) is 0 Å². The molecule has 1 N–H and O–H groups in total. The van der Waals surface area contributed by atoms with Crippen molar-refractivity contribution in [1.29, 1.82) is 0 Å². The first-order chi connectivity index (χ1) is 15.0. The maximum absolute atomic E-state index is 13.2. The van der Waals surface area contributed by atoms with Gasteiger partial charge in [-0.25, -0.2) is 8.42 Å². The highest BCUT2D eigenvalue weighted by molar-refractivity contribution is 7.92. The topological polar surface area (TPSA) is 88.9 Å². The fraction of sp³-hybridized carbons (Fsp3) is 0.174. The molecule has 0 spiro atoms. The van der Waals surface area contributed by atoms with E-state index < -0.39 is 10.0 Å². The SMILES string of the molecule is COc1ccc(S(=O)(=O)N2CCCc3cc(NC(=O)/C=C/c4ccco4)ccc32)cc1. The standard InChI is InChI=1S/C23H22N2O5S/c1-29-19-7-10-21(11-8-19)31(27,28)25-14-2-4-17-16-18(6-12-22(17)25)24-23(26)13-9-20-5-3-15-30-20/h3,5-13,15-16H,2,4,14H2,1H3,(H,24,26)/b13-9+. The number of carbonyl (C=O) groups is 1. The molecule has 0 aliphatic carbocycles. The van der Waals surface area contributed by atoms with E-state index in [1.807, 2.05) is 6.07 Å².